The van der Waals surface area contributed by atoms with Gasteiger partial charge in [-0.25, -0.2) is 0 Å². The maximum Gasteiger partial charge on any atom is 0.0513 e. The van der Waals surface area contributed by atoms with Crippen LogP contribution in [0.5, 0.6) is 0 Å². The van der Waals surface area contributed by atoms with Gasteiger partial charge in [-0.1, -0.05) is 56.0 Å². The van der Waals surface area contributed by atoms with Crippen molar-refractivity contribution < 1.29 is 0 Å². The van der Waals surface area contributed by atoms with Crippen molar-refractivity contribution in [3.63, 3.8) is 0 Å². The third-order valence-electron chi connectivity index (χ3n) is 4.69. The van der Waals surface area contributed by atoms with E-state index in [1.54, 1.807) is 0 Å². The van der Waals surface area contributed by atoms with E-state index < -0.39 is 0 Å². The molecule has 2 N–H and O–H groups in total. The molecule has 3 heteroatoms. The quantitative estimate of drug-likeness (QED) is 0.873. The molecule has 112 valence electrons. The molecule has 2 unspecified atom stereocenters. The van der Waals surface area contributed by atoms with E-state index in [0.29, 0.717) is 6.04 Å². The number of hydrogen-bond donors (Lipinski definition) is 1. The highest BCUT2D eigenvalue weighted by atomic mass is 35.5. The Balaban J connectivity index is 2.25. The van der Waals surface area contributed by atoms with Gasteiger partial charge in [-0.05, 0) is 37.9 Å². The molecule has 0 aliphatic heterocycles. The number of rotatable bonds is 5. The van der Waals surface area contributed by atoms with Crippen LogP contribution in [0.3, 0.4) is 0 Å². The molecule has 2 rings (SSSR count). The first-order chi connectivity index (χ1) is 9.65. The van der Waals surface area contributed by atoms with E-state index in [4.69, 9.17) is 17.3 Å². The van der Waals surface area contributed by atoms with Gasteiger partial charge >= 0.3 is 0 Å². The standard InChI is InChI=1S/C17H27ClN2/c1-3-16(19)17(14-11-7-8-12-15(14)18)20(2)13-9-5-4-6-10-13/h7-8,11-13,16-17H,3-6,9-10,19H2,1-2H3. The van der Waals surface area contributed by atoms with Gasteiger partial charge in [0.05, 0.1) is 6.04 Å². The van der Waals surface area contributed by atoms with Crippen molar-refractivity contribution in [2.24, 2.45) is 5.73 Å². The normalized spacial score (nSPS) is 20.1. The van der Waals surface area contributed by atoms with E-state index in [0.717, 1.165) is 11.4 Å². The predicted octanol–water partition coefficient (Wildman–Crippen LogP) is 4.38. The van der Waals surface area contributed by atoms with Crippen LogP contribution >= 0.6 is 11.6 Å². The molecule has 0 saturated heterocycles. The molecule has 0 spiro atoms. The van der Waals surface area contributed by atoms with Crippen molar-refractivity contribution in [1.29, 1.82) is 0 Å². The van der Waals surface area contributed by atoms with Crippen LogP contribution in [0.2, 0.25) is 5.02 Å². The molecule has 1 aliphatic rings. The topological polar surface area (TPSA) is 29.3 Å². The summed E-state index contributed by atoms with van der Waals surface area (Å²) in [6.07, 6.45) is 7.59. The number of benzene rings is 1. The van der Waals surface area contributed by atoms with Gasteiger partial charge in [0.15, 0.2) is 0 Å². The Morgan fingerprint density at radius 1 is 1.25 bits per heavy atom. The molecule has 1 aromatic rings. The van der Waals surface area contributed by atoms with Crippen LogP contribution in [0, 0.1) is 0 Å². The summed E-state index contributed by atoms with van der Waals surface area (Å²) in [7, 11) is 2.22. The summed E-state index contributed by atoms with van der Waals surface area (Å²) in [6, 6.07) is 9.14. The highest BCUT2D eigenvalue weighted by molar-refractivity contribution is 6.31. The van der Waals surface area contributed by atoms with Gasteiger partial charge in [0.1, 0.15) is 0 Å². The average Bonchev–Trinajstić information content (AvgIpc) is 2.50. The van der Waals surface area contributed by atoms with Gasteiger partial charge < -0.3 is 5.73 Å². The van der Waals surface area contributed by atoms with Gasteiger partial charge in [0.2, 0.25) is 0 Å². The third kappa shape index (κ3) is 3.55. The smallest absolute Gasteiger partial charge is 0.0513 e. The van der Waals surface area contributed by atoms with Crippen molar-refractivity contribution in [1.82, 2.24) is 4.90 Å². The number of hydrogen-bond acceptors (Lipinski definition) is 2. The molecular weight excluding hydrogens is 268 g/mol. The SMILES string of the molecule is CCC(N)C(c1ccccc1Cl)N(C)C1CCCCC1. The highest BCUT2D eigenvalue weighted by Gasteiger charge is 2.30. The lowest BCUT2D eigenvalue weighted by molar-refractivity contribution is 0.118. The third-order valence-corrected chi connectivity index (χ3v) is 5.03. The van der Waals surface area contributed by atoms with Crippen LogP contribution in [-0.2, 0) is 0 Å². The molecule has 1 aromatic carbocycles. The molecule has 20 heavy (non-hydrogen) atoms. The Kier molecular flexibility index (Phi) is 5.88. The van der Waals surface area contributed by atoms with Gasteiger partial charge in [-0.3, -0.25) is 4.90 Å². The Morgan fingerprint density at radius 2 is 1.90 bits per heavy atom. The first-order valence-electron chi connectivity index (χ1n) is 7.87. The van der Waals surface area contributed by atoms with Crippen LogP contribution < -0.4 is 5.73 Å². The minimum atomic E-state index is 0.127. The first kappa shape index (κ1) is 15.8. The maximum absolute atomic E-state index is 6.43. The van der Waals surface area contributed by atoms with Gasteiger partial charge in [-0.2, -0.15) is 0 Å². The summed E-state index contributed by atoms with van der Waals surface area (Å²) in [5.41, 5.74) is 7.60. The summed E-state index contributed by atoms with van der Waals surface area (Å²) < 4.78 is 0. The lowest BCUT2D eigenvalue weighted by Gasteiger charge is -2.40. The van der Waals surface area contributed by atoms with Crippen molar-refractivity contribution in [2.45, 2.75) is 63.6 Å². The highest BCUT2D eigenvalue weighted by Crippen LogP contribution is 2.34. The monoisotopic (exact) mass is 294 g/mol. The number of halogens is 1. The predicted molar refractivity (Wildman–Crippen MR) is 87.1 cm³/mol. The lowest BCUT2D eigenvalue weighted by atomic mass is 9.89. The minimum Gasteiger partial charge on any atom is -0.326 e. The molecule has 1 saturated carbocycles. The summed E-state index contributed by atoms with van der Waals surface area (Å²) in [5, 5.41) is 0.837. The zero-order valence-electron chi connectivity index (χ0n) is 12.7. The number of nitrogens with zero attached hydrogens (tertiary/aromatic N) is 1. The van der Waals surface area contributed by atoms with E-state index >= 15 is 0 Å². The Morgan fingerprint density at radius 3 is 2.50 bits per heavy atom. The Hall–Kier alpha value is -0.570. The van der Waals surface area contributed by atoms with Gasteiger partial charge in [-0.15, -0.1) is 0 Å². The second-order valence-electron chi connectivity index (χ2n) is 6.00. The van der Waals surface area contributed by atoms with Crippen molar-refractivity contribution in [2.75, 3.05) is 7.05 Å². The molecular formula is C17H27ClN2. The fraction of sp³-hybridized carbons (Fsp3) is 0.647. The second-order valence-corrected chi connectivity index (χ2v) is 6.40. The maximum atomic E-state index is 6.43. The molecule has 1 aliphatic carbocycles. The van der Waals surface area contributed by atoms with Crippen LogP contribution in [-0.4, -0.2) is 24.0 Å². The summed E-state index contributed by atoms with van der Waals surface area (Å²) in [4.78, 5) is 2.48. The number of likely N-dealkylation sites (N-methyl/N-ethyl adjacent to an activating group) is 1. The fourth-order valence-corrected chi connectivity index (χ4v) is 3.65. The number of nitrogens with two attached hydrogens (primary N) is 1. The molecule has 0 amide bonds. The molecule has 2 nitrogen and oxygen atoms in total. The Labute approximate surface area is 128 Å². The van der Waals surface area contributed by atoms with E-state index in [2.05, 4.69) is 31.0 Å². The fourth-order valence-electron chi connectivity index (χ4n) is 3.41. The molecule has 0 radical (unpaired) electrons. The average molecular weight is 295 g/mol. The molecule has 1 fully saturated rings. The largest absolute Gasteiger partial charge is 0.326 e. The van der Waals surface area contributed by atoms with E-state index in [1.807, 2.05) is 12.1 Å². The van der Waals surface area contributed by atoms with E-state index in [9.17, 15) is 0 Å². The van der Waals surface area contributed by atoms with Crippen LogP contribution in [0.15, 0.2) is 24.3 Å². The van der Waals surface area contributed by atoms with Gasteiger partial charge in [0.25, 0.3) is 0 Å². The van der Waals surface area contributed by atoms with Crippen LogP contribution in [0.1, 0.15) is 57.1 Å². The first-order valence-corrected chi connectivity index (χ1v) is 8.25. The molecule has 0 heterocycles. The second kappa shape index (κ2) is 7.44. The Bertz CT molecular complexity index is 415. The lowest BCUT2D eigenvalue weighted by Crippen LogP contribution is -2.44. The van der Waals surface area contributed by atoms with Gasteiger partial charge in [0, 0.05) is 17.1 Å². The summed E-state index contributed by atoms with van der Waals surface area (Å²) in [6.45, 7) is 2.16. The zero-order valence-corrected chi connectivity index (χ0v) is 13.4. The molecule has 0 bridgehead atoms. The van der Waals surface area contributed by atoms with Crippen LogP contribution in [0.4, 0.5) is 0 Å². The minimum absolute atomic E-state index is 0.127. The van der Waals surface area contributed by atoms with Crippen molar-refractivity contribution in [3.8, 4) is 0 Å². The van der Waals surface area contributed by atoms with E-state index in [-0.39, 0.29) is 12.1 Å². The summed E-state index contributed by atoms with van der Waals surface area (Å²) >= 11 is 6.42. The van der Waals surface area contributed by atoms with Crippen LogP contribution in [0.25, 0.3) is 0 Å². The molecule has 0 aromatic heterocycles. The zero-order chi connectivity index (χ0) is 14.5. The van der Waals surface area contributed by atoms with Crippen molar-refractivity contribution in [3.05, 3.63) is 34.9 Å². The summed E-state index contributed by atoms with van der Waals surface area (Å²) in [5.74, 6) is 0. The molecule has 2 atom stereocenters. The van der Waals surface area contributed by atoms with E-state index in [1.165, 1.54) is 37.7 Å². The van der Waals surface area contributed by atoms with Crippen molar-refractivity contribution >= 4 is 11.6 Å².